The Kier molecular flexibility index (Phi) is 3.57. The molecule has 2 nitrogen and oxygen atoms in total. The van der Waals surface area contributed by atoms with Crippen LogP contribution < -0.4 is 0 Å². The van der Waals surface area contributed by atoms with Crippen LogP contribution in [0, 0.1) is 11.8 Å². The fourth-order valence-electron chi connectivity index (χ4n) is 2.01. The maximum Gasteiger partial charge on any atom is 0.306 e. The van der Waals surface area contributed by atoms with Gasteiger partial charge in [-0.25, -0.2) is 0 Å². The summed E-state index contributed by atoms with van der Waals surface area (Å²) in [5, 5.41) is 0. The lowest BCUT2D eigenvalue weighted by atomic mass is 9.84. The number of esters is 1. The van der Waals surface area contributed by atoms with Crippen molar-refractivity contribution in [1.82, 2.24) is 0 Å². The average Bonchev–Trinajstić information content (AvgIpc) is 2.26. The second-order valence-corrected chi connectivity index (χ2v) is 3.55. The smallest absolute Gasteiger partial charge is 0.306 e. The summed E-state index contributed by atoms with van der Waals surface area (Å²) in [6.07, 6.45) is 3.97. The average molecular weight is 170 g/mol. The Bertz CT molecular complexity index is 154. The molecule has 70 valence electrons. The van der Waals surface area contributed by atoms with Gasteiger partial charge in [-0.2, -0.15) is 0 Å². The van der Waals surface area contributed by atoms with Gasteiger partial charge in [0.1, 0.15) is 0 Å². The molecule has 2 heteroatoms. The summed E-state index contributed by atoms with van der Waals surface area (Å²) in [5.41, 5.74) is 0. The van der Waals surface area contributed by atoms with Crippen molar-refractivity contribution in [3.8, 4) is 0 Å². The number of carbonyl (C=O) groups is 1. The summed E-state index contributed by atoms with van der Waals surface area (Å²) in [6, 6.07) is 0. The van der Waals surface area contributed by atoms with E-state index in [1.165, 1.54) is 6.42 Å². The highest BCUT2D eigenvalue weighted by molar-refractivity contribution is 5.69. The molecule has 0 saturated carbocycles. The lowest BCUT2D eigenvalue weighted by Crippen LogP contribution is -2.14. The van der Waals surface area contributed by atoms with Crippen molar-refractivity contribution in [1.29, 1.82) is 0 Å². The van der Waals surface area contributed by atoms with Gasteiger partial charge in [-0.05, 0) is 18.3 Å². The summed E-state index contributed by atoms with van der Waals surface area (Å²) in [4.78, 5) is 11.1. The summed E-state index contributed by atoms with van der Waals surface area (Å²) < 4.78 is 5.03. The quantitative estimate of drug-likeness (QED) is 0.595. The van der Waals surface area contributed by atoms with Crippen LogP contribution in [-0.2, 0) is 9.53 Å². The molecule has 0 bridgehead atoms. The van der Waals surface area contributed by atoms with E-state index in [1.807, 2.05) is 0 Å². The maximum absolute atomic E-state index is 11.1. The molecule has 1 aliphatic rings. The van der Waals surface area contributed by atoms with Crippen molar-refractivity contribution < 1.29 is 9.53 Å². The van der Waals surface area contributed by atoms with Crippen LogP contribution in [0.4, 0.5) is 0 Å². The Morgan fingerprint density at radius 3 is 2.58 bits per heavy atom. The van der Waals surface area contributed by atoms with E-state index in [-0.39, 0.29) is 5.97 Å². The fraction of sp³-hybridized carbons (Fsp3) is 0.900. The van der Waals surface area contributed by atoms with E-state index in [0.29, 0.717) is 24.9 Å². The molecule has 0 aromatic carbocycles. The highest BCUT2D eigenvalue weighted by atomic mass is 16.5. The zero-order chi connectivity index (χ0) is 8.97. The van der Waals surface area contributed by atoms with Crippen LogP contribution in [0.2, 0.25) is 0 Å². The van der Waals surface area contributed by atoms with Crippen LogP contribution in [-0.4, -0.2) is 12.6 Å². The lowest BCUT2D eigenvalue weighted by molar-refractivity contribution is -0.143. The van der Waals surface area contributed by atoms with E-state index < -0.39 is 0 Å². The standard InChI is InChI=1S/C10H18O2/c1-3-8-5-6-12-10(11)7-9(8)4-2/h8-9H,3-7H2,1-2H3. The molecule has 0 aromatic heterocycles. The first kappa shape index (κ1) is 9.56. The third-order valence-corrected chi connectivity index (χ3v) is 2.90. The molecule has 0 N–H and O–H groups in total. The molecule has 12 heavy (non-hydrogen) atoms. The van der Waals surface area contributed by atoms with Gasteiger partial charge in [0.15, 0.2) is 0 Å². The third-order valence-electron chi connectivity index (χ3n) is 2.90. The van der Waals surface area contributed by atoms with Gasteiger partial charge in [0.2, 0.25) is 0 Å². The van der Waals surface area contributed by atoms with Crippen LogP contribution in [0.5, 0.6) is 0 Å². The van der Waals surface area contributed by atoms with Crippen LogP contribution in [0.1, 0.15) is 39.5 Å². The van der Waals surface area contributed by atoms with Crippen molar-refractivity contribution in [3.05, 3.63) is 0 Å². The van der Waals surface area contributed by atoms with Gasteiger partial charge in [0.25, 0.3) is 0 Å². The molecule has 2 atom stereocenters. The fourth-order valence-corrected chi connectivity index (χ4v) is 2.01. The van der Waals surface area contributed by atoms with Crippen molar-refractivity contribution >= 4 is 5.97 Å². The van der Waals surface area contributed by atoms with E-state index in [4.69, 9.17) is 4.74 Å². The monoisotopic (exact) mass is 170 g/mol. The summed E-state index contributed by atoms with van der Waals surface area (Å²) in [7, 11) is 0. The second kappa shape index (κ2) is 4.48. The third kappa shape index (κ3) is 2.23. The molecule has 1 aliphatic heterocycles. The van der Waals surface area contributed by atoms with Gasteiger partial charge in [-0.15, -0.1) is 0 Å². The number of carbonyl (C=O) groups excluding carboxylic acids is 1. The number of ether oxygens (including phenoxy) is 1. The van der Waals surface area contributed by atoms with Crippen molar-refractivity contribution in [2.24, 2.45) is 11.8 Å². The van der Waals surface area contributed by atoms with Gasteiger partial charge in [0.05, 0.1) is 6.61 Å². The molecule has 0 aliphatic carbocycles. The first-order valence-electron chi connectivity index (χ1n) is 4.93. The number of hydrogen-bond acceptors (Lipinski definition) is 2. The maximum atomic E-state index is 11.1. The Morgan fingerprint density at radius 2 is 2.00 bits per heavy atom. The van der Waals surface area contributed by atoms with Crippen molar-refractivity contribution in [2.45, 2.75) is 39.5 Å². The Labute approximate surface area is 74.3 Å². The molecule has 2 unspecified atom stereocenters. The van der Waals surface area contributed by atoms with E-state index in [1.54, 1.807) is 0 Å². The van der Waals surface area contributed by atoms with E-state index in [0.717, 1.165) is 12.8 Å². The Hall–Kier alpha value is -0.530. The number of hydrogen-bond donors (Lipinski definition) is 0. The molecule has 0 spiro atoms. The van der Waals surface area contributed by atoms with Gasteiger partial charge in [-0.3, -0.25) is 4.79 Å². The van der Waals surface area contributed by atoms with Crippen molar-refractivity contribution in [3.63, 3.8) is 0 Å². The molecular formula is C10H18O2. The van der Waals surface area contributed by atoms with Gasteiger partial charge in [0, 0.05) is 6.42 Å². The summed E-state index contributed by atoms with van der Waals surface area (Å²) >= 11 is 0. The number of rotatable bonds is 2. The highest BCUT2D eigenvalue weighted by Gasteiger charge is 2.25. The predicted molar refractivity (Wildman–Crippen MR) is 47.8 cm³/mol. The molecule has 1 fully saturated rings. The first-order valence-corrected chi connectivity index (χ1v) is 4.93. The van der Waals surface area contributed by atoms with Gasteiger partial charge < -0.3 is 4.74 Å². The molecule has 0 aromatic rings. The first-order chi connectivity index (χ1) is 5.77. The summed E-state index contributed by atoms with van der Waals surface area (Å²) in [5.74, 6) is 1.25. The van der Waals surface area contributed by atoms with Crippen LogP contribution in [0.15, 0.2) is 0 Å². The highest BCUT2D eigenvalue weighted by Crippen LogP contribution is 2.28. The minimum absolute atomic E-state index is 0.00204. The molecule has 1 rings (SSSR count). The summed E-state index contributed by atoms with van der Waals surface area (Å²) in [6.45, 7) is 4.99. The SMILES string of the molecule is CCC1CCOC(=O)CC1CC. The lowest BCUT2D eigenvalue weighted by Gasteiger charge is -2.19. The minimum atomic E-state index is -0.00204. The number of cyclic esters (lactones) is 1. The Balaban J connectivity index is 2.55. The molecule has 1 saturated heterocycles. The van der Waals surface area contributed by atoms with E-state index >= 15 is 0 Å². The second-order valence-electron chi connectivity index (χ2n) is 3.55. The van der Waals surface area contributed by atoms with Gasteiger partial charge in [-0.1, -0.05) is 26.7 Å². The molecular weight excluding hydrogens is 152 g/mol. The van der Waals surface area contributed by atoms with Crippen LogP contribution in [0.25, 0.3) is 0 Å². The largest absolute Gasteiger partial charge is 0.466 e. The zero-order valence-electron chi connectivity index (χ0n) is 8.01. The molecule has 0 amide bonds. The van der Waals surface area contributed by atoms with Crippen LogP contribution in [0.3, 0.4) is 0 Å². The van der Waals surface area contributed by atoms with E-state index in [2.05, 4.69) is 13.8 Å². The Morgan fingerprint density at radius 1 is 1.33 bits per heavy atom. The van der Waals surface area contributed by atoms with E-state index in [9.17, 15) is 4.79 Å². The van der Waals surface area contributed by atoms with Crippen LogP contribution >= 0.6 is 0 Å². The normalized spacial score (nSPS) is 31.0. The topological polar surface area (TPSA) is 26.3 Å². The molecule has 1 heterocycles. The predicted octanol–water partition coefficient (Wildman–Crippen LogP) is 2.38. The zero-order valence-corrected chi connectivity index (χ0v) is 8.01. The van der Waals surface area contributed by atoms with Crippen molar-refractivity contribution in [2.75, 3.05) is 6.61 Å². The minimum Gasteiger partial charge on any atom is -0.466 e. The molecule has 0 radical (unpaired) electrons. The van der Waals surface area contributed by atoms with Gasteiger partial charge >= 0.3 is 5.97 Å².